The van der Waals surface area contributed by atoms with Crippen LogP contribution in [-0.2, 0) is 15.2 Å². The lowest BCUT2D eigenvalue weighted by molar-refractivity contribution is -0.0922. The Balaban J connectivity index is 1.79. The molecule has 1 aliphatic heterocycles. The second-order valence-corrected chi connectivity index (χ2v) is 6.54. The van der Waals surface area contributed by atoms with Gasteiger partial charge < -0.3 is 14.6 Å². The summed E-state index contributed by atoms with van der Waals surface area (Å²) < 4.78 is 12.3. The van der Waals surface area contributed by atoms with Gasteiger partial charge in [0, 0.05) is 18.7 Å². The largest absolute Gasteiger partial charge is 0.459 e. The highest BCUT2D eigenvalue weighted by Gasteiger charge is 2.46. The fraction of sp³-hybridized carbons (Fsp3) is 0.278. The van der Waals surface area contributed by atoms with Gasteiger partial charge in [-0.05, 0) is 23.2 Å². The molecule has 0 spiro atoms. The summed E-state index contributed by atoms with van der Waals surface area (Å²) in [6.07, 6.45) is 1.03. The summed E-state index contributed by atoms with van der Waals surface area (Å²) in [5.41, 5.74) is -2.16. The maximum Gasteiger partial charge on any atom is 0.338 e. The van der Waals surface area contributed by atoms with Gasteiger partial charge in [0.05, 0.1) is 11.7 Å². The fourth-order valence-electron chi connectivity index (χ4n) is 2.94. The summed E-state index contributed by atoms with van der Waals surface area (Å²) in [6, 6.07) is 9.63. The van der Waals surface area contributed by atoms with Crippen LogP contribution in [0.1, 0.15) is 16.8 Å². The minimum Gasteiger partial charge on any atom is -0.459 e. The Kier molecular flexibility index (Phi) is 5.73. The van der Waals surface area contributed by atoms with Gasteiger partial charge in [-0.15, -0.1) is 0 Å². The van der Waals surface area contributed by atoms with Gasteiger partial charge in [0.1, 0.15) is 12.7 Å². The molecule has 1 aliphatic rings. The number of halogens is 1. The van der Waals surface area contributed by atoms with E-state index in [2.05, 4.69) is 20.9 Å². The molecule has 1 aromatic carbocycles. The summed E-state index contributed by atoms with van der Waals surface area (Å²) in [6.45, 7) is -0.190. The number of nitrogens with zero attached hydrogens (tertiary/aromatic N) is 1. The van der Waals surface area contributed by atoms with Gasteiger partial charge in [-0.3, -0.25) is 14.3 Å². The van der Waals surface area contributed by atoms with Crippen LogP contribution in [0.25, 0.3) is 0 Å². The molecule has 142 valence electrons. The number of carbonyl (C=O) groups excluding carboxylic acids is 1. The quantitative estimate of drug-likeness (QED) is 0.679. The highest BCUT2D eigenvalue weighted by atomic mass is 79.9. The number of aliphatic hydroxyl groups is 1. The molecular weight excluding hydrogens is 420 g/mol. The number of esters is 1. The number of hydrogen-bond donors (Lipinski definition) is 2. The monoisotopic (exact) mass is 436 g/mol. The summed E-state index contributed by atoms with van der Waals surface area (Å²) in [5.74, 6) is -0.541. The Morgan fingerprint density at radius 1 is 1.37 bits per heavy atom. The topological polar surface area (TPSA) is 111 Å². The van der Waals surface area contributed by atoms with Crippen LogP contribution in [0.5, 0.6) is 0 Å². The third-order valence-corrected chi connectivity index (χ3v) is 4.49. The van der Waals surface area contributed by atoms with Crippen molar-refractivity contribution in [3.05, 3.63) is 80.1 Å². The van der Waals surface area contributed by atoms with E-state index in [1.54, 1.807) is 30.3 Å². The molecular formula is C18H17BrN2O6. The van der Waals surface area contributed by atoms with Crippen LogP contribution in [0.3, 0.4) is 0 Å². The highest BCUT2D eigenvalue weighted by molar-refractivity contribution is 9.11. The SMILES string of the molecule is O=C(OC[C@H]1O[C@@](C=CBr)(n2ccc(=O)[nH]c2=O)C[C@@H]1O)c1ccccc1. The predicted molar refractivity (Wildman–Crippen MR) is 99.6 cm³/mol. The molecule has 0 bridgehead atoms. The molecule has 9 heteroatoms. The van der Waals surface area contributed by atoms with Crippen molar-refractivity contribution in [3.63, 3.8) is 0 Å². The molecule has 27 heavy (non-hydrogen) atoms. The van der Waals surface area contributed by atoms with Gasteiger partial charge in [-0.1, -0.05) is 34.1 Å². The molecule has 3 atom stereocenters. The van der Waals surface area contributed by atoms with E-state index >= 15 is 0 Å². The van der Waals surface area contributed by atoms with E-state index in [0.717, 1.165) is 0 Å². The number of hydrogen-bond acceptors (Lipinski definition) is 6. The highest BCUT2D eigenvalue weighted by Crippen LogP contribution is 2.36. The molecule has 2 heterocycles. The van der Waals surface area contributed by atoms with E-state index in [-0.39, 0.29) is 13.0 Å². The van der Waals surface area contributed by atoms with E-state index in [1.165, 1.54) is 27.9 Å². The van der Waals surface area contributed by atoms with Crippen LogP contribution < -0.4 is 11.2 Å². The maximum absolute atomic E-state index is 12.2. The lowest BCUT2D eigenvalue weighted by atomic mass is 10.1. The zero-order valence-corrected chi connectivity index (χ0v) is 15.7. The molecule has 1 fully saturated rings. The Morgan fingerprint density at radius 3 is 2.78 bits per heavy atom. The number of H-pyrrole nitrogens is 1. The van der Waals surface area contributed by atoms with Crippen LogP contribution in [0.4, 0.5) is 0 Å². The molecule has 0 saturated carbocycles. The zero-order valence-electron chi connectivity index (χ0n) is 14.1. The minimum absolute atomic E-state index is 0.0363. The maximum atomic E-state index is 12.2. The van der Waals surface area contributed by atoms with E-state index in [0.29, 0.717) is 5.56 Å². The lowest BCUT2D eigenvalue weighted by Crippen LogP contribution is -2.43. The van der Waals surface area contributed by atoms with Gasteiger partial charge >= 0.3 is 11.7 Å². The Bertz CT molecular complexity index is 954. The number of ether oxygens (including phenoxy) is 2. The van der Waals surface area contributed by atoms with Crippen LogP contribution in [0.2, 0.25) is 0 Å². The van der Waals surface area contributed by atoms with Crippen LogP contribution in [0, 0.1) is 0 Å². The molecule has 0 aliphatic carbocycles. The smallest absolute Gasteiger partial charge is 0.338 e. The number of aromatic nitrogens is 2. The Morgan fingerprint density at radius 2 is 2.11 bits per heavy atom. The van der Waals surface area contributed by atoms with Crippen molar-refractivity contribution in [2.24, 2.45) is 0 Å². The number of carbonyl (C=O) groups is 1. The Hall–Kier alpha value is -2.49. The molecule has 2 N–H and O–H groups in total. The zero-order chi connectivity index (χ0) is 19.4. The first-order chi connectivity index (χ1) is 12.9. The number of aromatic amines is 1. The summed E-state index contributed by atoms with van der Waals surface area (Å²) in [7, 11) is 0. The first kappa shape index (κ1) is 19.3. The first-order valence-corrected chi connectivity index (χ1v) is 9.05. The van der Waals surface area contributed by atoms with E-state index < -0.39 is 35.2 Å². The molecule has 1 aromatic heterocycles. The van der Waals surface area contributed by atoms with Gasteiger partial charge in [0.25, 0.3) is 5.56 Å². The molecule has 2 aromatic rings. The average Bonchev–Trinajstić information content (AvgIpc) is 2.97. The van der Waals surface area contributed by atoms with Crippen molar-refractivity contribution in [1.29, 1.82) is 0 Å². The normalized spacial score (nSPS) is 25.0. The predicted octanol–water partition coefficient (Wildman–Crippen LogP) is 1.10. The van der Waals surface area contributed by atoms with Crippen LogP contribution in [-0.4, -0.2) is 39.4 Å². The molecule has 8 nitrogen and oxygen atoms in total. The van der Waals surface area contributed by atoms with Crippen molar-refractivity contribution >= 4 is 21.9 Å². The third-order valence-electron chi connectivity index (χ3n) is 4.23. The molecule has 0 radical (unpaired) electrons. The average molecular weight is 437 g/mol. The molecule has 0 amide bonds. The lowest BCUT2D eigenvalue weighted by Gasteiger charge is -2.27. The second-order valence-electron chi connectivity index (χ2n) is 6.01. The summed E-state index contributed by atoms with van der Waals surface area (Å²) in [4.78, 5) is 39.2. The third kappa shape index (κ3) is 4.10. The van der Waals surface area contributed by atoms with Gasteiger partial charge in [0.15, 0.2) is 5.72 Å². The van der Waals surface area contributed by atoms with Crippen LogP contribution >= 0.6 is 15.9 Å². The van der Waals surface area contributed by atoms with Crippen molar-refractivity contribution in [2.45, 2.75) is 24.4 Å². The first-order valence-electron chi connectivity index (χ1n) is 8.13. The standard InChI is InChI=1S/C18H17BrN2O6/c19-8-7-18(21-9-6-15(23)20-17(21)25)10-13(22)14(27-18)11-26-16(24)12-4-2-1-3-5-12/h1-9,13-14,22H,10-11H2,(H,20,23,25)/t13-,14+,18+/m0/s1. The summed E-state index contributed by atoms with van der Waals surface area (Å²) in [5, 5.41) is 10.4. The number of benzene rings is 1. The van der Waals surface area contributed by atoms with Gasteiger partial charge in [-0.25, -0.2) is 9.59 Å². The molecule has 0 unspecified atom stereocenters. The van der Waals surface area contributed by atoms with Crippen molar-refractivity contribution in [3.8, 4) is 0 Å². The minimum atomic E-state index is -1.33. The number of aliphatic hydroxyl groups excluding tert-OH is 1. The van der Waals surface area contributed by atoms with Gasteiger partial charge in [-0.2, -0.15) is 0 Å². The van der Waals surface area contributed by atoms with E-state index in [4.69, 9.17) is 9.47 Å². The molecule has 1 saturated heterocycles. The van der Waals surface area contributed by atoms with E-state index in [1.807, 2.05) is 0 Å². The van der Waals surface area contributed by atoms with Crippen molar-refractivity contribution in [2.75, 3.05) is 6.61 Å². The van der Waals surface area contributed by atoms with Gasteiger partial charge in [0.2, 0.25) is 0 Å². The number of rotatable bonds is 5. The molecule has 3 rings (SSSR count). The second kappa shape index (κ2) is 8.03. The number of nitrogens with one attached hydrogen (secondary N) is 1. The Labute approximate surface area is 162 Å². The van der Waals surface area contributed by atoms with Crippen molar-refractivity contribution in [1.82, 2.24) is 9.55 Å². The van der Waals surface area contributed by atoms with E-state index in [9.17, 15) is 19.5 Å². The van der Waals surface area contributed by atoms with Crippen molar-refractivity contribution < 1.29 is 19.4 Å². The van der Waals surface area contributed by atoms with Crippen LogP contribution in [0.15, 0.2) is 63.2 Å². The fourth-order valence-corrected chi connectivity index (χ4v) is 3.35. The summed E-state index contributed by atoms with van der Waals surface area (Å²) >= 11 is 3.15.